The maximum absolute atomic E-state index is 13.1. The smallest absolute Gasteiger partial charge is 0.351 e. The normalized spacial score (nSPS) is 19.2. The van der Waals surface area contributed by atoms with Crippen molar-refractivity contribution in [2.45, 2.75) is 50.1 Å². The molecule has 6 nitrogen and oxygen atoms in total. The summed E-state index contributed by atoms with van der Waals surface area (Å²) in [5.41, 5.74) is 2.59. The molecule has 9 heteroatoms. The van der Waals surface area contributed by atoms with E-state index in [0.29, 0.717) is 23.5 Å². The predicted molar refractivity (Wildman–Crippen MR) is 109 cm³/mol. The van der Waals surface area contributed by atoms with Crippen LogP contribution in [0.3, 0.4) is 0 Å². The minimum absolute atomic E-state index is 0.293. The maximum atomic E-state index is 13.1. The number of pyridine rings is 1. The number of alkyl halides is 3. The van der Waals surface area contributed by atoms with Crippen molar-refractivity contribution >= 4 is 16.9 Å². The lowest BCUT2D eigenvalue weighted by molar-refractivity contribution is -0.137. The second-order valence-electron chi connectivity index (χ2n) is 8.32. The highest BCUT2D eigenvalue weighted by Gasteiger charge is 2.44. The first-order chi connectivity index (χ1) is 14.8. The van der Waals surface area contributed by atoms with Crippen molar-refractivity contribution in [1.82, 2.24) is 15.0 Å². The largest absolute Gasteiger partial charge is 0.417 e. The van der Waals surface area contributed by atoms with Gasteiger partial charge >= 0.3 is 6.18 Å². The van der Waals surface area contributed by atoms with Gasteiger partial charge in [0.05, 0.1) is 16.5 Å². The minimum atomic E-state index is -4.45. The molecule has 164 valence electrons. The molecule has 3 heterocycles. The Bertz CT molecular complexity index is 1120. The summed E-state index contributed by atoms with van der Waals surface area (Å²) in [5, 5.41) is 10.2. The van der Waals surface area contributed by atoms with Gasteiger partial charge in [-0.2, -0.15) is 13.2 Å². The van der Waals surface area contributed by atoms with E-state index in [2.05, 4.69) is 21.0 Å². The summed E-state index contributed by atoms with van der Waals surface area (Å²) in [6.45, 7) is 0.712. The van der Waals surface area contributed by atoms with Gasteiger partial charge in [0.15, 0.2) is 5.65 Å². The van der Waals surface area contributed by atoms with E-state index in [4.69, 9.17) is 4.74 Å². The van der Waals surface area contributed by atoms with Crippen molar-refractivity contribution in [3.63, 3.8) is 0 Å². The number of nitrogens with one attached hydrogen (secondary N) is 1. The third kappa shape index (κ3) is 3.27. The zero-order valence-electron chi connectivity index (χ0n) is 17.0. The molecular weight excluding hydrogens is 409 g/mol. The van der Waals surface area contributed by atoms with Crippen molar-refractivity contribution in [2.24, 2.45) is 0 Å². The first-order valence-corrected chi connectivity index (χ1v) is 10.4. The zero-order valence-corrected chi connectivity index (χ0v) is 17.0. The van der Waals surface area contributed by atoms with Crippen molar-refractivity contribution in [2.75, 3.05) is 18.6 Å². The summed E-state index contributed by atoms with van der Waals surface area (Å²) in [7, 11) is 1.47. The van der Waals surface area contributed by atoms with Gasteiger partial charge in [-0.05, 0) is 48.9 Å². The second-order valence-corrected chi connectivity index (χ2v) is 8.32. The molecule has 2 aliphatic rings. The summed E-state index contributed by atoms with van der Waals surface area (Å²) in [6.07, 6.45) is -0.0746. The monoisotopic (exact) mass is 432 g/mol. The third-order valence-corrected chi connectivity index (χ3v) is 6.59. The molecule has 1 atom stereocenters. The van der Waals surface area contributed by atoms with Gasteiger partial charge in [0.25, 0.3) is 0 Å². The van der Waals surface area contributed by atoms with Crippen LogP contribution in [0.4, 0.5) is 18.9 Å². The van der Waals surface area contributed by atoms with Crippen LogP contribution in [-0.4, -0.2) is 40.1 Å². The lowest BCUT2D eigenvalue weighted by Crippen LogP contribution is -2.41. The number of hydrogen-bond acceptors (Lipinski definition) is 5. The summed E-state index contributed by atoms with van der Waals surface area (Å²) in [5.74, 6) is 0.658. The number of imidazole rings is 1. The third-order valence-electron chi connectivity index (χ3n) is 6.59. The van der Waals surface area contributed by atoms with Crippen LogP contribution in [0.25, 0.3) is 11.2 Å². The molecular formula is C22H23F3N4O2. The molecule has 0 spiro atoms. The number of benzene rings is 1. The molecule has 1 fully saturated rings. The molecule has 3 aromatic rings. The van der Waals surface area contributed by atoms with E-state index in [9.17, 15) is 18.3 Å². The van der Waals surface area contributed by atoms with Gasteiger partial charge in [-0.25, -0.2) is 9.97 Å². The number of aliphatic hydroxyl groups is 1. The van der Waals surface area contributed by atoms with Crippen molar-refractivity contribution in [3.05, 3.63) is 53.0 Å². The van der Waals surface area contributed by atoms with Crippen molar-refractivity contribution < 1.29 is 23.0 Å². The molecule has 1 aromatic carbocycles. The Morgan fingerprint density at radius 3 is 2.71 bits per heavy atom. The molecule has 1 aliphatic heterocycles. The van der Waals surface area contributed by atoms with Crippen LogP contribution in [0.1, 0.15) is 48.2 Å². The number of aryl methyl sites for hydroxylation is 1. The minimum Gasteiger partial charge on any atom is -0.351 e. The molecule has 31 heavy (non-hydrogen) atoms. The number of H-pyrrole nitrogens is 1. The fraction of sp³-hybridized carbons (Fsp3) is 0.455. The van der Waals surface area contributed by atoms with Crippen LogP contribution in [0, 0.1) is 0 Å². The lowest BCUT2D eigenvalue weighted by atomic mass is 9.63. The SMILES string of the molecule is COC(O)N1CCCc2cc(C3(c4nc5ncc(C(F)(F)F)cc5[nH]4)CCC3)ccc21. The van der Waals surface area contributed by atoms with Crippen molar-refractivity contribution in [3.8, 4) is 0 Å². The van der Waals surface area contributed by atoms with E-state index >= 15 is 0 Å². The van der Waals surface area contributed by atoms with E-state index in [-0.39, 0.29) is 5.41 Å². The lowest BCUT2D eigenvalue weighted by Gasteiger charge is -2.42. The first kappa shape index (κ1) is 20.3. The van der Waals surface area contributed by atoms with Crippen LogP contribution >= 0.6 is 0 Å². The van der Waals surface area contributed by atoms with Crippen LogP contribution in [0.2, 0.25) is 0 Å². The quantitative estimate of drug-likeness (QED) is 0.607. The number of aliphatic hydroxyl groups excluding tert-OH is 1. The highest BCUT2D eigenvalue weighted by Crippen LogP contribution is 2.49. The summed E-state index contributed by atoms with van der Waals surface area (Å²) >= 11 is 0. The van der Waals surface area contributed by atoms with Gasteiger partial charge in [0.1, 0.15) is 5.82 Å². The van der Waals surface area contributed by atoms with Gasteiger partial charge in [-0.3, -0.25) is 0 Å². The van der Waals surface area contributed by atoms with Gasteiger partial charge in [-0.1, -0.05) is 18.6 Å². The highest BCUT2D eigenvalue weighted by atomic mass is 19.4. The molecule has 0 bridgehead atoms. The van der Waals surface area contributed by atoms with Gasteiger partial charge in [-0.15, -0.1) is 0 Å². The Morgan fingerprint density at radius 1 is 1.23 bits per heavy atom. The van der Waals surface area contributed by atoms with Gasteiger partial charge in [0, 0.05) is 25.5 Å². The number of ether oxygens (including phenoxy) is 1. The average Bonchev–Trinajstić information content (AvgIpc) is 3.14. The van der Waals surface area contributed by atoms with Crippen LogP contribution in [0.15, 0.2) is 30.5 Å². The molecule has 2 N–H and O–H groups in total. The fourth-order valence-electron chi connectivity index (χ4n) is 4.75. The summed E-state index contributed by atoms with van der Waals surface area (Å²) in [6, 6.07) is 7.24. The topological polar surface area (TPSA) is 74.3 Å². The van der Waals surface area contributed by atoms with Crippen LogP contribution in [0.5, 0.6) is 0 Å². The number of rotatable bonds is 4. The zero-order chi connectivity index (χ0) is 21.8. The van der Waals surface area contributed by atoms with Crippen molar-refractivity contribution in [1.29, 1.82) is 0 Å². The van der Waals surface area contributed by atoms with E-state index < -0.39 is 18.2 Å². The number of aromatic nitrogens is 3. The average molecular weight is 432 g/mol. The second kappa shape index (κ2) is 7.20. The van der Waals surface area contributed by atoms with E-state index in [1.54, 1.807) is 0 Å². The molecule has 0 radical (unpaired) electrons. The first-order valence-electron chi connectivity index (χ1n) is 10.4. The van der Waals surface area contributed by atoms with Crippen LogP contribution in [-0.2, 0) is 22.7 Å². The summed E-state index contributed by atoms with van der Waals surface area (Å²) < 4.78 is 44.3. The molecule has 0 saturated heterocycles. The standard InChI is InChI=1S/C22H23F3N4O2/c1-31-20(30)29-9-2-4-13-10-14(5-6-17(13)29)21(7-3-8-21)19-27-16-11-15(22(23,24)25)12-26-18(16)28-19/h5-6,10-12,20,30H,2-4,7-9H2,1H3,(H,26,27,28). The maximum Gasteiger partial charge on any atom is 0.417 e. The Labute approximate surface area is 177 Å². The number of aromatic amines is 1. The molecule has 0 amide bonds. The predicted octanol–water partition coefficient (Wildman–Crippen LogP) is 4.12. The number of methoxy groups -OCH3 is 1. The van der Waals surface area contributed by atoms with E-state index in [1.807, 2.05) is 17.0 Å². The number of anilines is 1. The molecule has 5 rings (SSSR count). The van der Waals surface area contributed by atoms with Gasteiger partial charge < -0.3 is 19.7 Å². The number of nitrogens with zero attached hydrogens (tertiary/aromatic N) is 3. The molecule has 1 aliphatic carbocycles. The van der Waals surface area contributed by atoms with Crippen LogP contribution < -0.4 is 4.90 Å². The Kier molecular flexibility index (Phi) is 4.71. The Morgan fingerprint density at radius 2 is 2.03 bits per heavy atom. The van der Waals surface area contributed by atoms with E-state index in [1.165, 1.54) is 7.11 Å². The summed E-state index contributed by atoms with van der Waals surface area (Å²) in [4.78, 5) is 13.5. The number of fused-ring (bicyclic) bond motifs is 2. The molecule has 2 aromatic heterocycles. The number of hydrogen-bond donors (Lipinski definition) is 2. The molecule has 1 saturated carbocycles. The number of halogens is 3. The highest BCUT2D eigenvalue weighted by molar-refractivity contribution is 5.72. The van der Waals surface area contributed by atoms with E-state index in [0.717, 1.165) is 61.2 Å². The fourth-order valence-corrected chi connectivity index (χ4v) is 4.75. The Balaban J connectivity index is 1.55. The molecule has 1 unspecified atom stereocenters. The Hall–Kier alpha value is -2.65. The van der Waals surface area contributed by atoms with Gasteiger partial charge in [0.2, 0.25) is 6.41 Å².